The maximum Gasteiger partial charge on any atom is 0.119 e. The lowest BCUT2D eigenvalue weighted by Gasteiger charge is -2.10. The lowest BCUT2D eigenvalue weighted by molar-refractivity contribution is 0.242. The van der Waals surface area contributed by atoms with Crippen molar-refractivity contribution < 1.29 is 4.74 Å². The van der Waals surface area contributed by atoms with Gasteiger partial charge in [0.1, 0.15) is 5.75 Å². The van der Waals surface area contributed by atoms with Crippen LogP contribution in [0.2, 0.25) is 0 Å². The van der Waals surface area contributed by atoms with Crippen LogP contribution in [-0.4, -0.2) is 15.7 Å². The van der Waals surface area contributed by atoms with Crippen molar-refractivity contribution in [1.82, 2.24) is 14.9 Å². The van der Waals surface area contributed by atoms with E-state index >= 15 is 0 Å². The summed E-state index contributed by atoms with van der Waals surface area (Å²) in [6, 6.07) is 8.21. The van der Waals surface area contributed by atoms with Gasteiger partial charge in [-0.05, 0) is 31.5 Å². The number of imidazole rings is 1. The second-order valence-corrected chi connectivity index (χ2v) is 4.91. The second kappa shape index (κ2) is 6.38. The minimum atomic E-state index is 0.216. The van der Waals surface area contributed by atoms with Crippen molar-refractivity contribution >= 4 is 0 Å². The predicted octanol–water partition coefficient (Wildman–Crippen LogP) is 2.50. The highest BCUT2D eigenvalue weighted by atomic mass is 16.5. The van der Waals surface area contributed by atoms with Gasteiger partial charge < -0.3 is 14.6 Å². The molecule has 0 aliphatic carbocycles. The van der Waals surface area contributed by atoms with Crippen LogP contribution in [0.5, 0.6) is 5.75 Å². The minimum Gasteiger partial charge on any atom is -0.491 e. The molecule has 1 heterocycles. The van der Waals surface area contributed by atoms with Gasteiger partial charge >= 0.3 is 0 Å². The average Bonchev–Trinajstić information content (AvgIpc) is 2.77. The van der Waals surface area contributed by atoms with Crippen LogP contribution in [0.3, 0.4) is 0 Å². The molecule has 0 aliphatic rings. The third-order valence-corrected chi connectivity index (χ3v) is 2.85. The lowest BCUT2D eigenvalue weighted by atomic mass is 10.2. The number of hydrogen-bond donors (Lipinski definition) is 1. The van der Waals surface area contributed by atoms with Gasteiger partial charge in [-0.3, -0.25) is 0 Å². The Morgan fingerprint density at radius 1 is 1.21 bits per heavy atom. The molecular formula is C15H21N3O. The Kier molecular flexibility index (Phi) is 4.58. The Hall–Kier alpha value is -1.81. The number of ether oxygens (including phenoxy) is 1. The fourth-order valence-corrected chi connectivity index (χ4v) is 1.85. The summed E-state index contributed by atoms with van der Waals surface area (Å²) < 4.78 is 7.64. The minimum absolute atomic E-state index is 0.216. The number of nitrogens with one attached hydrogen (secondary N) is 1. The van der Waals surface area contributed by atoms with Crippen molar-refractivity contribution in [2.75, 3.05) is 0 Å². The van der Waals surface area contributed by atoms with Gasteiger partial charge in [0.15, 0.2) is 0 Å². The van der Waals surface area contributed by atoms with Gasteiger partial charge in [0.2, 0.25) is 0 Å². The summed E-state index contributed by atoms with van der Waals surface area (Å²) in [6.45, 7) is 5.72. The number of benzene rings is 1. The van der Waals surface area contributed by atoms with Crippen molar-refractivity contribution in [2.45, 2.75) is 33.0 Å². The van der Waals surface area contributed by atoms with Crippen molar-refractivity contribution in [3.05, 3.63) is 48.0 Å². The van der Waals surface area contributed by atoms with E-state index in [1.54, 1.807) is 0 Å². The molecule has 1 aromatic heterocycles. The van der Waals surface area contributed by atoms with Gasteiger partial charge in [-0.1, -0.05) is 12.1 Å². The zero-order valence-corrected chi connectivity index (χ0v) is 11.8. The molecule has 4 heteroatoms. The Labute approximate surface area is 114 Å². The van der Waals surface area contributed by atoms with Crippen molar-refractivity contribution in [2.24, 2.45) is 7.05 Å². The van der Waals surface area contributed by atoms with Gasteiger partial charge in [-0.2, -0.15) is 0 Å². The zero-order chi connectivity index (χ0) is 13.7. The first-order chi connectivity index (χ1) is 9.15. The molecule has 0 atom stereocenters. The van der Waals surface area contributed by atoms with E-state index in [-0.39, 0.29) is 6.10 Å². The molecule has 0 saturated heterocycles. The molecule has 2 rings (SSSR count). The topological polar surface area (TPSA) is 39.1 Å². The molecule has 0 spiro atoms. The molecule has 19 heavy (non-hydrogen) atoms. The molecule has 0 bridgehead atoms. The Morgan fingerprint density at radius 3 is 2.53 bits per heavy atom. The SMILES string of the molecule is CC(C)Oc1ccc(CNCc2cncn2C)cc1. The van der Waals surface area contributed by atoms with E-state index in [1.165, 1.54) is 11.3 Å². The molecule has 0 radical (unpaired) electrons. The number of nitrogens with zero attached hydrogens (tertiary/aromatic N) is 2. The normalized spacial score (nSPS) is 10.9. The highest BCUT2D eigenvalue weighted by Gasteiger charge is 2.00. The first kappa shape index (κ1) is 13.6. The van der Waals surface area contributed by atoms with E-state index in [4.69, 9.17) is 4.74 Å². The van der Waals surface area contributed by atoms with Crippen molar-refractivity contribution in [1.29, 1.82) is 0 Å². The van der Waals surface area contributed by atoms with E-state index < -0.39 is 0 Å². The lowest BCUT2D eigenvalue weighted by Crippen LogP contribution is -2.14. The van der Waals surface area contributed by atoms with Crippen molar-refractivity contribution in [3.8, 4) is 5.75 Å². The molecule has 0 unspecified atom stereocenters. The zero-order valence-electron chi connectivity index (χ0n) is 11.8. The fourth-order valence-electron chi connectivity index (χ4n) is 1.85. The van der Waals surface area contributed by atoms with Crippen LogP contribution in [0.15, 0.2) is 36.8 Å². The third kappa shape index (κ3) is 4.10. The quantitative estimate of drug-likeness (QED) is 0.866. The number of rotatable bonds is 6. The van der Waals surface area contributed by atoms with Crippen molar-refractivity contribution in [3.63, 3.8) is 0 Å². The average molecular weight is 259 g/mol. The van der Waals surface area contributed by atoms with Crippen LogP contribution in [0, 0.1) is 0 Å². The summed E-state index contributed by atoms with van der Waals surface area (Å²) in [4.78, 5) is 4.09. The Morgan fingerprint density at radius 2 is 1.95 bits per heavy atom. The van der Waals surface area contributed by atoms with Crippen LogP contribution >= 0.6 is 0 Å². The summed E-state index contributed by atoms with van der Waals surface area (Å²) in [7, 11) is 2.00. The Balaban J connectivity index is 1.81. The highest BCUT2D eigenvalue weighted by Crippen LogP contribution is 2.13. The van der Waals surface area contributed by atoms with Crippen LogP contribution in [0.25, 0.3) is 0 Å². The molecule has 102 valence electrons. The summed E-state index contributed by atoms with van der Waals surface area (Å²) in [5.41, 5.74) is 2.43. The molecule has 2 aromatic rings. The number of hydrogen-bond acceptors (Lipinski definition) is 3. The van der Waals surface area contributed by atoms with Gasteiger partial charge in [0.05, 0.1) is 18.1 Å². The van der Waals surface area contributed by atoms with E-state index in [0.29, 0.717) is 0 Å². The van der Waals surface area contributed by atoms with Gasteiger partial charge in [-0.15, -0.1) is 0 Å². The van der Waals surface area contributed by atoms with Gasteiger partial charge in [0, 0.05) is 26.3 Å². The van der Waals surface area contributed by atoms with Gasteiger partial charge in [0.25, 0.3) is 0 Å². The van der Waals surface area contributed by atoms with Crippen LogP contribution < -0.4 is 10.1 Å². The summed E-state index contributed by atoms with van der Waals surface area (Å²) in [5, 5.41) is 3.40. The van der Waals surface area contributed by atoms with E-state index in [9.17, 15) is 0 Å². The molecule has 0 aliphatic heterocycles. The maximum atomic E-state index is 5.62. The first-order valence-electron chi connectivity index (χ1n) is 6.56. The second-order valence-electron chi connectivity index (χ2n) is 4.91. The Bertz CT molecular complexity index is 502. The number of aryl methyl sites for hydroxylation is 1. The largest absolute Gasteiger partial charge is 0.491 e. The molecular weight excluding hydrogens is 238 g/mol. The summed E-state index contributed by atoms with van der Waals surface area (Å²) in [5.74, 6) is 0.922. The smallest absolute Gasteiger partial charge is 0.119 e. The molecule has 1 N–H and O–H groups in total. The van der Waals surface area contributed by atoms with E-state index in [2.05, 4.69) is 22.4 Å². The monoisotopic (exact) mass is 259 g/mol. The fraction of sp³-hybridized carbons (Fsp3) is 0.400. The molecule has 0 saturated carbocycles. The molecule has 1 aromatic carbocycles. The van der Waals surface area contributed by atoms with E-state index in [1.807, 2.05) is 50.1 Å². The third-order valence-electron chi connectivity index (χ3n) is 2.85. The molecule has 4 nitrogen and oxygen atoms in total. The summed E-state index contributed by atoms with van der Waals surface area (Å²) >= 11 is 0. The highest BCUT2D eigenvalue weighted by molar-refractivity contribution is 5.27. The maximum absolute atomic E-state index is 5.62. The first-order valence-corrected chi connectivity index (χ1v) is 6.56. The summed E-state index contributed by atoms with van der Waals surface area (Å²) in [6.07, 6.45) is 3.91. The van der Waals surface area contributed by atoms with Crippen LogP contribution in [0.4, 0.5) is 0 Å². The molecule has 0 fully saturated rings. The van der Waals surface area contributed by atoms with Crippen LogP contribution in [-0.2, 0) is 20.1 Å². The van der Waals surface area contributed by atoms with E-state index in [0.717, 1.165) is 18.8 Å². The van der Waals surface area contributed by atoms with Crippen LogP contribution in [0.1, 0.15) is 25.1 Å². The molecule has 0 amide bonds. The number of aromatic nitrogens is 2. The van der Waals surface area contributed by atoms with Gasteiger partial charge in [-0.25, -0.2) is 4.98 Å². The standard InChI is InChI=1S/C15H21N3O/c1-12(2)19-15-6-4-13(5-7-15)8-16-9-14-10-17-11-18(14)3/h4-7,10-12,16H,8-9H2,1-3H3. The predicted molar refractivity (Wildman–Crippen MR) is 76.0 cm³/mol.